The van der Waals surface area contributed by atoms with Crippen LogP contribution in [0, 0.1) is 11.8 Å². The van der Waals surface area contributed by atoms with Gasteiger partial charge in [0, 0.05) is 18.8 Å². The summed E-state index contributed by atoms with van der Waals surface area (Å²) in [6.45, 7) is 4.21. The zero-order valence-electron chi connectivity index (χ0n) is 11.9. The monoisotopic (exact) mass is 273 g/mol. The number of rotatable bonds is 5. The Morgan fingerprint density at radius 3 is 2.33 bits per heavy atom. The molecule has 0 aromatic carbocycles. The van der Waals surface area contributed by atoms with Crippen LogP contribution in [-0.4, -0.2) is 32.0 Å². The Morgan fingerprint density at radius 2 is 1.78 bits per heavy atom. The predicted octanol–water partition coefficient (Wildman–Crippen LogP) is 2.37. The molecule has 0 heterocycles. The Bertz CT molecular complexity index is 385. The second-order valence-electron chi connectivity index (χ2n) is 6.87. The number of nitrogens with one attached hydrogen (secondary N) is 1. The van der Waals surface area contributed by atoms with E-state index >= 15 is 0 Å². The molecule has 3 nitrogen and oxygen atoms in total. The zero-order chi connectivity index (χ0) is 13.4. The van der Waals surface area contributed by atoms with E-state index in [0.29, 0.717) is 12.6 Å². The molecule has 1 N–H and O–H groups in total. The van der Waals surface area contributed by atoms with Crippen molar-refractivity contribution in [1.29, 1.82) is 0 Å². The molecule has 2 aliphatic carbocycles. The topological polar surface area (TPSA) is 46.2 Å². The second kappa shape index (κ2) is 5.12. The Hall–Kier alpha value is -0.0900. The highest BCUT2D eigenvalue weighted by molar-refractivity contribution is 7.92. The van der Waals surface area contributed by atoms with Gasteiger partial charge >= 0.3 is 0 Å². The molecule has 0 radical (unpaired) electrons. The molecule has 0 spiro atoms. The highest BCUT2D eigenvalue weighted by Crippen LogP contribution is 2.43. The smallest absolute Gasteiger partial charge is 0.153 e. The van der Waals surface area contributed by atoms with E-state index < -0.39 is 14.6 Å². The van der Waals surface area contributed by atoms with Crippen molar-refractivity contribution in [2.75, 3.05) is 12.8 Å². The lowest BCUT2D eigenvalue weighted by Gasteiger charge is -2.32. The number of sulfone groups is 1. The van der Waals surface area contributed by atoms with Gasteiger partial charge in [-0.2, -0.15) is 0 Å². The van der Waals surface area contributed by atoms with E-state index in [1.165, 1.54) is 44.8 Å². The van der Waals surface area contributed by atoms with Crippen LogP contribution in [0.5, 0.6) is 0 Å². The average Bonchev–Trinajstić information content (AvgIpc) is 3.09. The fourth-order valence-electron chi connectivity index (χ4n) is 2.93. The lowest BCUT2D eigenvalue weighted by molar-refractivity contribution is 0.257. The molecule has 18 heavy (non-hydrogen) atoms. The van der Waals surface area contributed by atoms with Gasteiger partial charge < -0.3 is 5.32 Å². The van der Waals surface area contributed by atoms with E-state index in [2.05, 4.69) is 5.32 Å². The third-order valence-corrected chi connectivity index (χ3v) is 6.98. The maximum Gasteiger partial charge on any atom is 0.153 e. The van der Waals surface area contributed by atoms with E-state index in [-0.39, 0.29) is 0 Å². The fourth-order valence-corrected chi connectivity index (χ4v) is 3.28. The van der Waals surface area contributed by atoms with Gasteiger partial charge in [-0.15, -0.1) is 0 Å². The fraction of sp³-hybridized carbons (Fsp3) is 1.00. The summed E-state index contributed by atoms with van der Waals surface area (Å²) in [6.07, 6.45) is 9.34. The van der Waals surface area contributed by atoms with Crippen LogP contribution in [0.3, 0.4) is 0 Å². The van der Waals surface area contributed by atoms with Crippen LogP contribution in [0.25, 0.3) is 0 Å². The molecule has 2 fully saturated rings. The highest BCUT2D eigenvalue weighted by Gasteiger charge is 2.36. The van der Waals surface area contributed by atoms with Crippen LogP contribution in [0.1, 0.15) is 52.4 Å². The van der Waals surface area contributed by atoms with E-state index in [1.54, 1.807) is 0 Å². The summed E-state index contributed by atoms with van der Waals surface area (Å²) in [5.41, 5.74) is 0. The Morgan fingerprint density at radius 1 is 1.11 bits per heavy atom. The molecule has 0 aliphatic heterocycles. The molecule has 0 bridgehead atoms. The third kappa shape index (κ3) is 3.47. The Labute approximate surface area is 112 Å². The first-order valence-corrected chi connectivity index (χ1v) is 9.12. The molecule has 0 aromatic heterocycles. The molecule has 0 aromatic rings. The molecule has 106 valence electrons. The molecule has 2 rings (SSSR count). The Kier molecular flexibility index (Phi) is 4.07. The van der Waals surface area contributed by atoms with Gasteiger partial charge in [-0.25, -0.2) is 8.42 Å². The van der Waals surface area contributed by atoms with Gasteiger partial charge in [0.25, 0.3) is 0 Å². The second-order valence-corrected chi connectivity index (χ2v) is 9.52. The van der Waals surface area contributed by atoms with Gasteiger partial charge in [0.1, 0.15) is 0 Å². The molecule has 0 amide bonds. The molecule has 2 unspecified atom stereocenters. The van der Waals surface area contributed by atoms with Crippen molar-refractivity contribution in [3.8, 4) is 0 Å². The van der Waals surface area contributed by atoms with Gasteiger partial charge in [-0.1, -0.05) is 12.8 Å². The molecule has 0 saturated heterocycles. The molecular weight excluding hydrogens is 246 g/mol. The van der Waals surface area contributed by atoms with Crippen molar-refractivity contribution in [3.63, 3.8) is 0 Å². The van der Waals surface area contributed by atoms with Crippen molar-refractivity contribution in [3.05, 3.63) is 0 Å². The van der Waals surface area contributed by atoms with Gasteiger partial charge in [0.05, 0.1) is 4.75 Å². The van der Waals surface area contributed by atoms with Crippen LogP contribution < -0.4 is 5.32 Å². The minimum absolute atomic E-state index is 0.533. The van der Waals surface area contributed by atoms with Gasteiger partial charge in [0.15, 0.2) is 9.84 Å². The maximum atomic E-state index is 11.7. The van der Waals surface area contributed by atoms with Crippen LogP contribution in [0.2, 0.25) is 0 Å². The van der Waals surface area contributed by atoms with E-state index in [4.69, 9.17) is 0 Å². The van der Waals surface area contributed by atoms with Crippen LogP contribution in [0.4, 0.5) is 0 Å². The SMILES string of the molecule is CC(C)(CNC1CCCC(C2CC2)C1)S(C)(=O)=O. The van der Waals surface area contributed by atoms with Gasteiger partial charge in [0.2, 0.25) is 0 Å². The standard InChI is InChI=1S/C14H27NO2S/c1-14(2,18(3,16)17)10-15-13-6-4-5-12(9-13)11-7-8-11/h11-13,15H,4-10H2,1-3H3. The van der Waals surface area contributed by atoms with Crippen LogP contribution in [-0.2, 0) is 9.84 Å². The molecule has 4 heteroatoms. The molecule has 2 atom stereocenters. The minimum atomic E-state index is -2.98. The molecular formula is C14H27NO2S. The number of hydrogen-bond donors (Lipinski definition) is 1. The largest absolute Gasteiger partial charge is 0.312 e. The van der Waals surface area contributed by atoms with Crippen molar-refractivity contribution < 1.29 is 8.42 Å². The summed E-state index contributed by atoms with van der Waals surface area (Å²) in [4.78, 5) is 0. The van der Waals surface area contributed by atoms with Gasteiger partial charge in [-0.3, -0.25) is 0 Å². The summed E-state index contributed by atoms with van der Waals surface area (Å²) in [5.74, 6) is 1.88. The molecule has 2 aliphatic rings. The highest BCUT2D eigenvalue weighted by atomic mass is 32.2. The maximum absolute atomic E-state index is 11.7. The van der Waals surface area contributed by atoms with E-state index in [1.807, 2.05) is 13.8 Å². The summed E-state index contributed by atoms with van der Waals surface area (Å²) in [7, 11) is -2.98. The normalized spacial score (nSPS) is 30.4. The zero-order valence-corrected chi connectivity index (χ0v) is 12.7. The summed E-state index contributed by atoms with van der Waals surface area (Å²) < 4.78 is 22.7. The average molecular weight is 273 g/mol. The quantitative estimate of drug-likeness (QED) is 0.836. The number of hydrogen-bond acceptors (Lipinski definition) is 3. The van der Waals surface area contributed by atoms with E-state index in [9.17, 15) is 8.42 Å². The van der Waals surface area contributed by atoms with Crippen molar-refractivity contribution in [1.82, 2.24) is 5.32 Å². The lowest BCUT2D eigenvalue weighted by atomic mass is 9.82. The first-order valence-electron chi connectivity index (χ1n) is 7.22. The first-order chi connectivity index (χ1) is 8.29. The van der Waals surface area contributed by atoms with Crippen LogP contribution in [0.15, 0.2) is 0 Å². The first kappa shape index (κ1) is 14.3. The summed E-state index contributed by atoms with van der Waals surface area (Å²) in [6, 6.07) is 0.533. The predicted molar refractivity (Wildman–Crippen MR) is 75.4 cm³/mol. The third-order valence-electron chi connectivity index (χ3n) is 4.82. The Balaban J connectivity index is 1.82. The van der Waals surface area contributed by atoms with Crippen LogP contribution >= 0.6 is 0 Å². The lowest BCUT2D eigenvalue weighted by Crippen LogP contribution is -2.46. The summed E-state index contributed by atoms with van der Waals surface area (Å²) in [5, 5.41) is 3.50. The van der Waals surface area contributed by atoms with Crippen molar-refractivity contribution >= 4 is 9.84 Å². The molecule has 2 saturated carbocycles. The van der Waals surface area contributed by atoms with E-state index in [0.717, 1.165) is 11.8 Å². The minimum Gasteiger partial charge on any atom is -0.312 e. The van der Waals surface area contributed by atoms with Gasteiger partial charge in [-0.05, 0) is 51.4 Å². The van der Waals surface area contributed by atoms with Crippen molar-refractivity contribution in [2.45, 2.75) is 63.2 Å². The van der Waals surface area contributed by atoms with Crippen molar-refractivity contribution in [2.24, 2.45) is 11.8 Å². The summed E-state index contributed by atoms with van der Waals surface area (Å²) >= 11 is 0.